The number of nitrogen functional groups attached to an aromatic ring is 1. The molecule has 2 N–H and O–H groups in total. The van der Waals surface area contributed by atoms with Gasteiger partial charge in [-0.1, -0.05) is 20.8 Å². The van der Waals surface area contributed by atoms with Crippen LogP contribution in [0.4, 0.5) is 11.8 Å². The molecule has 0 aromatic carbocycles. The SMILES string of the molecule is Cc1cnc(N)nc1N1CCC(C(C)(C)C)CC1. The van der Waals surface area contributed by atoms with Gasteiger partial charge < -0.3 is 10.6 Å². The second-order valence-electron chi connectivity index (χ2n) is 6.36. The Morgan fingerprint density at radius 1 is 1.28 bits per heavy atom. The van der Waals surface area contributed by atoms with Crippen LogP contribution in [0.2, 0.25) is 0 Å². The van der Waals surface area contributed by atoms with Crippen LogP contribution >= 0.6 is 0 Å². The number of hydrogen-bond donors (Lipinski definition) is 1. The number of aryl methyl sites for hydroxylation is 1. The van der Waals surface area contributed by atoms with Crippen molar-refractivity contribution < 1.29 is 0 Å². The van der Waals surface area contributed by atoms with Gasteiger partial charge in [-0.25, -0.2) is 4.98 Å². The Labute approximate surface area is 110 Å². The summed E-state index contributed by atoms with van der Waals surface area (Å²) in [6.45, 7) is 11.2. The molecule has 1 aromatic heterocycles. The quantitative estimate of drug-likeness (QED) is 0.830. The first-order chi connectivity index (χ1) is 8.38. The molecule has 18 heavy (non-hydrogen) atoms. The van der Waals surface area contributed by atoms with Gasteiger partial charge in [0.15, 0.2) is 0 Å². The molecule has 1 fully saturated rings. The maximum atomic E-state index is 5.68. The fourth-order valence-corrected chi connectivity index (χ4v) is 2.72. The van der Waals surface area contributed by atoms with Crippen LogP contribution in [0, 0.1) is 18.3 Å². The molecule has 0 saturated carbocycles. The molecule has 0 radical (unpaired) electrons. The van der Waals surface area contributed by atoms with E-state index in [1.54, 1.807) is 0 Å². The molecule has 2 heterocycles. The summed E-state index contributed by atoms with van der Waals surface area (Å²) in [6, 6.07) is 0. The monoisotopic (exact) mass is 248 g/mol. The molecule has 100 valence electrons. The van der Waals surface area contributed by atoms with Crippen molar-refractivity contribution >= 4 is 11.8 Å². The predicted molar refractivity (Wildman–Crippen MR) is 75.6 cm³/mol. The van der Waals surface area contributed by atoms with Crippen LogP contribution in [0.5, 0.6) is 0 Å². The summed E-state index contributed by atoms with van der Waals surface area (Å²) < 4.78 is 0. The number of nitrogens with two attached hydrogens (primary N) is 1. The molecule has 1 aliphatic heterocycles. The Morgan fingerprint density at radius 3 is 2.44 bits per heavy atom. The molecular weight excluding hydrogens is 224 g/mol. The summed E-state index contributed by atoms with van der Waals surface area (Å²) in [5, 5.41) is 0. The molecule has 0 atom stereocenters. The van der Waals surface area contributed by atoms with E-state index in [0.717, 1.165) is 30.4 Å². The number of nitrogens with zero attached hydrogens (tertiary/aromatic N) is 3. The maximum absolute atomic E-state index is 5.68. The highest BCUT2D eigenvalue weighted by Gasteiger charge is 2.29. The van der Waals surface area contributed by atoms with Crippen molar-refractivity contribution in [3.63, 3.8) is 0 Å². The third-order valence-electron chi connectivity index (χ3n) is 3.98. The lowest BCUT2D eigenvalue weighted by Crippen LogP contribution is -2.38. The van der Waals surface area contributed by atoms with E-state index >= 15 is 0 Å². The van der Waals surface area contributed by atoms with Crippen molar-refractivity contribution in [3.8, 4) is 0 Å². The largest absolute Gasteiger partial charge is 0.368 e. The lowest BCUT2D eigenvalue weighted by atomic mass is 9.75. The maximum Gasteiger partial charge on any atom is 0.221 e. The number of hydrogen-bond acceptors (Lipinski definition) is 4. The minimum atomic E-state index is 0.369. The first-order valence-corrected chi connectivity index (χ1v) is 6.72. The minimum absolute atomic E-state index is 0.369. The second-order valence-corrected chi connectivity index (χ2v) is 6.36. The lowest BCUT2D eigenvalue weighted by molar-refractivity contribution is 0.198. The number of piperidine rings is 1. The third kappa shape index (κ3) is 2.74. The van der Waals surface area contributed by atoms with Crippen LogP contribution in [0.15, 0.2) is 6.20 Å². The van der Waals surface area contributed by atoms with E-state index in [2.05, 4.69) is 35.6 Å². The Kier molecular flexibility index (Phi) is 3.46. The summed E-state index contributed by atoms with van der Waals surface area (Å²) in [5.41, 5.74) is 7.20. The average molecular weight is 248 g/mol. The third-order valence-corrected chi connectivity index (χ3v) is 3.98. The Balaban J connectivity index is 2.08. The molecule has 0 unspecified atom stereocenters. The van der Waals surface area contributed by atoms with Gasteiger partial charge in [-0.05, 0) is 31.1 Å². The lowest BCUT2D eigenvalue weighted by Gasteiger charge is -2.39. The van der Waals surface area contributed by atoms with Gasteiger partial charge in [-0.2, -0.15) is 4.98 Å². The molecule has 2 rings (SSSR count). The highest BCUT2D eigenvalue weighted by atomic mass is 15.2. The second kappa shape index (κ2) is 4.75. The Hall–Kier alpha value is -1.32. The van der Waals surface area contributed by atoms with E-state index < -0.39 is 0 Å². The van der Waals surface area contributed by atoms with Gasteiger partial charge in [-0.15, -0.1) is 0 Å². The fourth-order valence-electron chi connectivity index (χ4n) is 2.72. The summed E-state index contributed by atoms with van der Waals surface area (Å²) in [4.78, 5) is 10.7. The highest BCUT2D eigenvalue weighted by Crippen LogP contribution is 2.35. The van der Waals surface area contributed by atoms with Crippen LogP contribution in [0.3, 0.4) is 0 Å². The zero-order valence-corrected chi connectivity index (χ0v) is 11.9. The Bertz CT molecular complexity index is 414. The summed E-state index contributed by atoms with van der Waals surface area (Å²) >= 11 is 0. The molecule has 0 bridgehead atoms. The zero-order chi connectivity index (χ0) is 13.3. The van der Waals surface area contributed by atoms with Crippen LogP contribution in [-0.2, 0) is 0 Å². The van der Waals surface area contributed by atoms with Gasteiger partial charge in [0, 0.05) is 24.8 Å². The Morgan fingerprint density at radius 2 is 1.89 bits per heavy atom. The molecule has 0 amide bonds. The van der Waals surface area contributed by atoms with E-state index in [1.807, 2.05) is 13.1 Å². The van der Waals surface area contributed by atoms with E-state index in [-0.39, 0.29) is 0 Å². The van der Waals surface area contributed by atoms with Crippen LogP contribution in [0.1, 0.15) is 39.2 Å². The van der Waals surface area contributed by atoms with Crippen molar-refractivity contribution in [3.05, 3.63) is 11.8 Å². The summed E-state index contributed by atoms with van der Waals surface area (Å²) in [6.07, 6.45) is 4.27. The molecule has 1 saturated heterocycles. The first-order valence-electron chi connectivity index (χ1n) is 6.72. The minimum Gasteiger partial charge on any atom is -0.368 e. The normalized spacial score (nSPS) is 18.1. The van der Waals surface area contributed by atoms with Gasteiger partial charge in [0.2, 0.25) is 5.95 Å². The van der Waals surface area contributed by atoms with Crippen LogP contribution < -0.4 is 10.6 Å². The highest BCUT2D eigenvalue weighted by molar-refractivity contribution is 5.48. The van der Waals surface area contributed by atoms with Crippen molar-refractivity contribution in [2.45, 2.75) is 40.5 Å². The van der Waals surface area contributed by atoms with Crippen molar-refractivity contribution in [1.29, 1.82) is 0 Å². The number of anilines is 2. The van der Waals surface area contributed by atoms with Gasteiger partial charge in [0.05, 0.1) is 0 Å². The van der Waals surface area contributed by atoms with E-state index in [0.29, 0.717) is 11.4 Å². The molecule has 0 aliphatic carbocycles. The molecule has 4 nitrogen and oxygen atoms in total. The molecule has 1 aromatic rings. The predicted octanol–water partition coefficient (Wildman–Crippen LogP) is 2.63. The number of rotatable bonds is 1. The van der Waals surface area contributed by atoms with Gasteiger partial charge in [-0.3, -0.25) is 0 Å². The summed E-state index contributed by atoms with van der Waals surface area (Å²) in [7, 11) is 0. The van der Waals surface area contributed by atoms with E-state index in [9.17, 15) is 0 Å². The van der Waals surface area contributed by atoms with E-state index in [4.69, 9.17) is 5.73 Å². The van der Waals surface area contributed by atoms with Crippen LogP contribution in [-0.4, -0.2) is 23.1 Å². The standard InChI is InChI=1S/C14H24N4/c1-10-9-16-13(15)17-12(10)18-7-5-11(6-8-18)14(2,3)4/h9,11H,5-8H2,1-4H3,(H2,15,16,17). The first kappa shape index (κ1) is 13.1. The molecule has 0 spiro atoms. The smallest absolute Gasteiger partial charge is 0.221 e. The van der Waals surface area contributed by atoms with Crippen molar-refractivity contribution in [2.24, 2.45) is 11.3 Å². The average Bonchev–Trinajstić information content (AvgIpc) is 2.31. The molecule has 1 aliphatic rings. The number of aromatic nitrogens is 2. The van der Waals surface area contributed by atoms with E-state index in [1.165, 1.54) is 12.8 Å². The van der Waals surface area contributed by atoms with Gasteiger partial charge in [0.25, 0.3) is 0 Å². The zero-order valence-electron chi connectivity index (χ0n) is 11.9. The van der Waals surface area contributed by atoms with Crippen LogP contribution in [0.25, 0.3) is 0 Å². The summed E-state index contributed by atoms with van der Waals surface area (Å²) in [5.74, 6) is 2.18. The molecular formula is C14H24N4. The van der Waals surface area contributed by atoms with Crippen molar-refractivity contribution in [1.82, 2.24) is 9.97 Å². The van der Waals surface area contributed by atoms with Gasteiger partial charge in [0.1, 0.15) is 5.82 Å². The molecule has 4 heteroatoms. The van der Waals surface area contributed by atoms with Crippen molar-refractivity contribution in [2.75, 3.05) is 23.7 Å². The topological polar surface area (TPSA) is 55.0 Å². The van der Waals surface area contributed by atoms with Gasteiger partial charge >= 0.3 is 0 Å². The fraction of sp³-hybridized carbons (Fsp3) is 0.714.